The number of anilines is 1. The van der Waals surface area contributed by atoms with Crippen LogP contribution in [0.15, 0.2) is 40.2 Å². The number of hydrogen-bond donors (Lipinski definition) is 1. The molecular weight excluding hydrogens is 345 g/mol. The maximum Gasteiger partial charge on any atom is 0.341 e. The minimum absolute atomic E-state index is 0.156. The number of hydrogen-bond acceptors (Lipinski definition) is 8. The van der Waals surface area contributed by atoms with Gasteiger partial charge in [0.05, 0.1) is 12.2 Å². The second-order valence-electron chi connectivity index (χ2n) is 4.23. The minimum atomic E-state index is -2.68. The summed E-state index contributed by atoms with van der Waals surface area (Å²) >= 11 is 0.986. The Labute approximate surface area is 136 Å². The molecule has 0 bridgehead atoms. The molecule has 1 aromatic rings. The number of nitrogens with two attached hydrogens (primary N) is 1. The third-order valence-electron chi connectivity index (χ3n) is 2.74. The van der Waals surface area contributed by atoms with Crippen LogP contribution in [0.5, 0.6) is 0 Å². The summed E-state index contributed by atoms with van der Waals surface area (Å²) in [6.07, 6.45) is 1.94. The van der Waals surface area contributed by atoms with Crippen LogP contribution in [0.1, 0.15) is 17.3 Å². The molecule has 0 radical (unpaired) electrons. The number of azo groups is 1. The predicted octanol–water partition coefficient (Wildman–Crippen LogP) is 2.43. The molecule has 1 aromatic heterocycles. The van der Waals surface area contributed by atoms with Gasteiger partial charge >= 0.3 is 5.97 Å². The molecule has 0 aromatic carbocycles. The number of alkyl halides is 1. The van der Waals surface area contributed by atoms with E-state index in [1.807, 2.05) is 0 Å². The van der Waals surface area contributed by atoms with Crippen LogP contribution in [0.25, 0.3) is 0 Å². The first-order valence-corrected chi connectivity index (χ1v) is 8.29. The highest BCUT2D eigenvalue weighted by atomic mass is 32.2. The molecule has 1 unspecified atom stereocenters. The Morgan fingerprint density at radius 2 is 2.22 bits per heavy atom. The summed E-state index contributed by atoms with van der Waals surface area (Å²) in [7, 11) is -2.68. The maximum atomic E-state index is 14.0. The van der Waals surface area contributed by atoms with Crippen LogP contribution in [0.2, 0.25) is 0 Å². The quantitative estimate of drug-likeness (QED) is 0.505. The highest BCUT2D eigenvalue weighted by Gasteiger charge is 2.22. The highest BCUT2D eigenvalue weighted by molar-refractivity contribution is 7.73. The molecule has 2 N–H and O–H groups in total. The molecule has 0 saturated heterocycles. The van der Waals surface area contributed by atoms with Gasteiger partial charge in [0, 0.05) is 0 Å². The van der Waals surface area contributed by atoms with E-state index in [0.29, 0.717) is 0 Å². The number of allylic oxidation sites excluding steroid dienone is 4. The van der Waals surface area contributed by atoms with Crippen LogP contribution in [0.4, 0.5) is 14.4 Å². The highest BCUT2D eigenvalue weighted by Crippen LogP contribution is 2.33. The van der Waals surface area contributed by atoms with Crippen molar-refractivity contribution in [3.8, 4) is 0 Å². The van der Waals surface area contributed by atoms with Gasteiger partial charge in [-0.2, -0.15) is 13.5 Å². The van der Waals surface area contributed by atoms with Crippen LogP contribution < -0.4 is 5.73 Å². The van der Waals surface area contributed by atoms with E-state index in [4.69, 9.17) is 10.5 Å². The predicted molar refractivity (Wildman–Crippen MR) is 85.2 cm³/mol. The van der Waals surface area contributed by atoms with Gasteiger partial charge in [-0.25, -0.2) is 9.18 Å². The van der Waals surface area contributed by atoms with E-state index >= 15 is 0 Å². The van der Waals surface area contributed by atoms with E-state index in [-0.39, 0.29) is 27.9 Å². The van der Waals surface area contributed by atoms with Crippen LogP contribution >= 0.6 is 11.3 Å². The fraction of sp³-hybridized carbons (Fsp3) is 0.231. The molecule has 1 aliphatic carbocycles. The van der Waals surface area contributed by atoms with Crippen LogP contribution in [0, 0.1) is 0 Å². The van der Waals surface area contributed by atoms with Crippen molar-refractivity contribution in [1.82, 2.24) is 0 Å². The van der Waals surface area contributed by atoms with Crippen molar-refractivity contribution >= 4 is 42.5 Å². The first kappa shape index (κ1) is 17.0. The molecule has 10 heteroatoms. The summed E-state index contributed by atoms with van der Waals surface area (Å²) < 4.78 is 40.6. The summed E-state index contributed by atoms with van der Waals surface area (Å²) in [5.74, 6) is -0.580. The molecule has 122 valence electrons. The lowest BCUT2D eigenvalue weighted by molar-refractivity contribution is 0.0528. The zero-order valence-corrected chi connectivity index (χ0v) is 13.5. The standard InChI is InChI=1S/C13H12FN3O4S2/c1-2-21-13(18)7-6-10(22-12(7)15)17-16-8-4-3-5-9(11(8)14)23(19)20/h3-6,11H,2,15H2,1H3. The van der Waals surface area contributed by atoms with Crippen molar-refractivity contribution in [1.29, 1.82) is 0 Å². The van der Waals surface area contributed by atoms with E-state index < -0.39 is 27.3 Å². The zero-order valence-electron chi connectivity index (χ0n) is 11.9. The molecule has 7 nitrogen and oxygen atoms in total. The summed E-state index contributed by atoms with van der Waals surface area (Å²) in [6.45, 7) is 1.87. The third kappa shape index (κ3) is 3.90. The van der Waals surface area contributed by atoms with Gasteiger partial charge in [-0.15, -0.1) is 5.11 Å². The summed E-state index contributed by atoms with van der Waals surface area (Å²) in [5, 5.41) is 7.98. The van der Waals surface area contributed by atoms with Gasteiger partial charge < -0.3 is 10.5 Å². The van der Waals surface area contributed by atoms with Crippen molar-refractivity contribution < 1.29 is 22.3 Å². The summed E-state index contributed by atoms with van der Waals surface area (Å²) in [4.78, 5) is 11.2. The lowest BCUT2D eigenvalue weighted by Crippen LogP contribution is -2.18. The molecular formula is C13H12FN3O4S2. The number of thiophene rings is 1. The van der Waals surface area contributed by atoms with Gasteiger partial charge in [0.25, 0.3) is 0 Å². The van der Waals surface area contributed by atoms with Gasteiger partial charge in [-0.1, -0.05) is 17.4 Å². The molecule has 23 heavy (non-hydrogen) atoms. The fourth-order valence-electron chi connectivity index (χ4n) is 1.70. The largest absolute Gasteiger partial charge is 0.462 e. The van der Waals surface area contributed by atoms with Gasteiger partial charge in [0.15, 0.2) is 6.17 Å². The summed E-state index contributed by atoms with van der Waals surface area (Å²) in [6, 6.07) is 1.38. The lowest BCUT2D eigenvalue weighted by Gasteiger charge is -2.08. The zero-order chi connectivity index (χ0) is 17.0. The second kappa shape index (κ2) is 7.29. The second-order valence-corrected chi connectivity index (χ2v) is 6.24. The van der Waals surface area contributed by atoms with Crippen LogP contribution in [-0.2, 0) is 15.0 Å². The lowest BCUT2D eigenvalue weighted by atomic mass is 10.1. The van der Waals surface area contributed by atoms with E-state index in [9.17, 15) is 17.6 Å². The Kier molecular flexibility index (Phi) is 5.40. The number of nitrogens with zero attached hydrogens (tertiary/aromatic N) is 2. The van der Waals surface area contributed by atoms with E-state index in [0.717, 1.165) is 17.4 Å². The molecule has 0 spiro atoms. The molecule has 1 heterocycles. The SMILES string of the molecule is CCOC(=O)c1cc(N=NC2=CC=CC(=S(=O)=O)C2F)sc1N. The van der Waals surface area contributed by atoms with Crippen molar-refractivity contribution in [2.75, 3.05) is 12.3 Å². The van der Waals surface area contributed by atoms with Gasteiger partial charge in [-0.3, -0.25) is 0 Å². The first-order valence-electron chi connectivity index (χ1n) is 6.40. The number of carbonyl (C=O) groups excluding carboxylic acids is 1. The number of rotatable bonds is 4. The smallest absolute Gasteiger partial charge is 0.341 e. The van der Waals surface area contributed by atoms with Gasteiger partial charge in [-0.05, 0) is 25.1 Å². The Balaban J connectivity index is 2.23. The molecule has 0 saturated carbocycles. The number of esters is 1. The maximum absolute atomic E-state index is 14.0. The number of nitrogen functional groups attached to an aromatic ring is 1. The van der Waals surface area contributed by atoms with E-state index in [1.54, 1.807) is 6.92 Å². The first-order chi connectivity index (χ1) is 10.9. The fourth-order valence-corrected chi connectivity index (χ4v) is 2.91. The topological polar surface area (TPSA) is 111 Å². The van der Waals surface area contributed by atoms with Crippen molar-refractivity contribution in [2.24, 2.45) is 10.2 Å². The number of ether oxygens (including phenoxy) is 1. The molecule has 0 fully saturated rings. The van der Waals surface area contributed by atoms with Crippen molar-refractivity contribution in [3.05, 3.63) is 35.6 Å². The average Bonchev–Trinajstić information content (AvgIpc) is 2.87. The molecule has 1 aliphatic rings. The van der Waals surface area contributed by atoms with Crippen molar-refractivity contribution in [3.63, 3.8) is 0 Å². The normalized spacial score (nSPS) is 17.4. The summed E-state index contributed by atoms with van der Waals surface area (Å²) in [5.41, 5.74) is 5.70. The van der Waals surface area contributed by atoms with Gasteiger partial charge in [0.1, 0.15) is 20.6 Å². The molecule has 0 amide bonds. The van der Waals surface area contributed by atoms with E-state index in [2.05, 4.69) is 10.2 Å². The van der Waals surface area contributed by atoms with Gasteiger partial charge in [0.2, 0.25) is 10.3 Å². The number of halogens is 1. The third-order valence-corrected chi connectivity index (χ3v) is 4.31. The van der Waals surface area contributed by atoms with E-state index in [1.165, 1.54) is 18.2 Å². The molecule has 0 aliphatic heterocycles. The molecule has 1 atom stereocenters. The average molecular weight is 357 g/mol. The Morgan fingerprint density at radius 3 is 2.87 bits per heavy atom. The number of carbonyl (C=O) groups is 1. The molecule has 2 rings (SSSR count). The van der Waals surface area contributed by atoms with Crippen LogP contribution in [0.3, 0.4) is 0 Å². The van der Waals surface area contributed by atoms with Crippen molar-refractivity contribution in [2.45, 2.75) is 13.1 Å². The minimum Gasteiger partial charge on any atom is -0.462 e. The van der Waals surface area contributed by atoms with Crippen LogP contribution in [-0.4, -0.2) is 32.0 Å². The Hall–Kier alpha value is -2.33. The monoisotopic (exact) mass is 357 g/mol. The Morgan fingerprint density at radius 1 is 1.48 bits per heavy atom. The Bertz CT molecular complexity index is 845.